The van der Waals surface area contributed by atoms with E-state index in [1.807, 2.05) is 18.2 Å². The Morgan fingerprint density at radius 2 is 1.86 bits per heavy atom. The highest BCUT2D eigenvalue weighted by Crippen LogP contribution is 2.49. The Labute approximate surface area is 134 Å². The van der Waals surface area contributed by atoms with E-state index in [2.05, 4.69) is 32.9 Å². The van der Waals surface area contributed by atoms with Crippen LogP contribution in [0.4, 0.5) is 0 Å². The van der Waals surface area contributed by atoms with Crippen LogP contribution >= 0.6 is 0 Å². The van der Waals surface area contributed by atoms with Crippen LogP contribution in [0.15, 0.2) is 30.3 Å². The van der Waals surface area contributed by atoms with Crippen LogP contribution in [0.5, 0.6) is 0 Å². The van der Waals surface area contributed by atoms with E-state index < -0.39 is 0 Å². The van der Waals surface area contributed by atoms with Gasteiger partial charge in [-0.2, -0.15) is 0 Å². The molecule has 0 aromatic heterocycles. The Balaban J connectivity index is 1.59. The molecule has 1 aromatic rings. The Bertz CT molecular complexity index is 508. The van der Waals surface area contributed by atoms with E-state index in [0.29, 0.717) is 23.7 Å². The van der Waals surface area contributed by atoms with Crippen LogP contribution in [0.1, 0.15) is 57.9 Å². The van der Waals surface area contributed by atoms with Gasteiger partial charge in [-0.3, -0.25) is 4.79 Å². The molecule has 0 amide bonds. The Kier molecular flexibility index (Phi) is 4.56. The molecule has 0 N–H and O–H groups in total. The van der Waals surface area contributed by atoms with E-state index in [4.69, 9.17) is 4.74 Å². The van der Waals surface area contributed by atoms with Crippen molar-refractivity contribution in [3.8, 4) is 0 Å². The maximum atomic E-state index is 12.5. The van der Waals surface area contributed by atoms with Gasteiger partial charge in [-0.25, -0.2) is 0 Å². The minimum absolute atomic E-state index is 0.0404. The van der Waals surface area contributed by atoms with E-state index in [1.165, 1.54) is 18.4 Å². The van der Waals surface area contributed by atoms with Crippen molar-refractivity contribution < 1.29 is 9.53 Å². The fourth-order valence-corrected chi connectivity index (χ4v) is 4.01. The number of ether oxygens (including phenoxy) is 1. The van der Waals surface area contributed by atoms with Crippen LogP contribution < -0.4 is 0 Å². The molecule has 2 fully saturated rings. The minimum Gasteiger partial charge on any atom is -0.462 e. The van der Waals surface area contributed by atoms with Gasteiger partial charge in [0.2, 0.25) is 0 Å². The van der Waals surface area contributed by atoms with Gasteiger partial charge < -0.3 is 4.74 Å². The number of esters is 1. The molecule has 120 valence electrons. The number of carbonyl (C=O) groups is 1. The fourth-order valence-electron chi connectivity index (χ4n) is 4.01. The van der Waals surface area contributed by atoms with Gasteiger partial charge in [0, 0.05) is 0 Å². The molecule has 0 heterocycles. The van der Waals surface area contributed by atoms with Crippen LogP contribution in [0, 0.1) is 23.7 Å². The second kappa shape index (κ2) is 6.44. The summed E-state index contributed by atoms with van der Waals surface area (Å²) in [5, 5.41) is 0. The first-order chi connectivity index (χ1) is 10.6. The van der Waals surface area contributed by atoms with Crippen LogP contribution in [0.3, 0.4) is 0 Å². The molecule has 0 bridgehead atoms. The second-order valence-corrected chi connectivity index (χ2v) is 7.66. The second-order valence-electron chi connectivity index (χ2n) is 7.66. The Morgan fingerprint density at radius 1 is 1.14 bits per heavy atom. The first-order valence-electron chi connectivity index (χ1n) is 8.81. The summed E-state index contributed by atoms with van der Waals surface area (Å²) < 4.78 is 5.97. The van der Waals surface area contributed by atoms with Crippen LogP contribution in [0.25, 0.3) is 0 Å². The monoisotopic (exact) mass is 300 g/mol. The molecule has 22 heavy (non-hydrogen) atoms. The number of hydrogen-bond donors (Lipinski definition) is 0. The lowest BCUT2D eigenvalue weighted by atomic mass is 9.75. The lowest BCUT2D eigenvalue weighted by Crippen LogP contribution is -2.36. The molecule has 0 saturated heterocycles. The first-order valence-corrected chi connectivity index (χ1v) is 8.81. The average Bonchev–Trinajstić information content (AvgIpc) is 3.28. The zero-order valence-electron chi connectivity index (χ0n) is 14.0. The average molecular weight is 300 g/mol. The third kappa shape index (κ3) is 3.37. The van der Waals surface area contributed by atoms with Crippen LogP contribution in [-0.4, -0.2) is 12.1 Å². The third-order valence-electron chi connectivity index (χ3n) is 5.55. The lowest BCUT2D eigenvalue weighted by Gasteiger charge is -2.36. The highest BCUT2D eigenvalue weighted by atomic mass is 16.5. The van der Waals surface area contributed by atoms with Crippen molar-refractivity contribution in [1.82, 2.24) is 0 Å². The number of carbonyl (C=O) groups excluding carboxylic acids is 1. The molecule has 2 nitrogen and oxygen atoms in total. The van der Waals surface area contributed by atoms with E-state index in [1.54, 1.807) is 0 Å². The third-order valence-corrected chi connectivity index (χ3v) is 5.55. The molecule has 0 spiro atoms. The van der Waals surface area contributed by atoms with Crippen molar-refractivity contribution in [3.63, 3.8) is 0 Å². The summed E-state index contributed by atoms with van der Waals surface area (Å²) in [5.41, 5.74) is 1.28. The number of hydrogen-bond acceptors (Lipinski definition) is 2. The van der Waals surface area contributed by atoms with E-state index in [9.17, 15) is 4.79 Å². The molecule has 5 atom stereocenters. The predicted molar refractivity (Wildman–Crippen MR) is 88.5 cm³/mol. The predicted octanol–water partition coefficient (Wildman–Crippen LogP) is 4.79. The molecule has 0 aliphatic heterocycles. The van der Waals surface area contributed by atoms with Gasteiger partial charge in [-0.05, 0) is 48.5 Å². The fraction of sp³-hybridized carbons (Fsp3) is 0.650. The van der Waals surface area contributed by atoms with Crippen molar-refractivity contribution in [3.05, 3.63) is 35.9 Å². The summed E-state index contributed by atoms with van der Waals surface area (Å²) in [4.78, 5) is 12.5. The largest absolute Gasteiger partial charge is 0.462 e. The van der Waals surface area contributed by atoms with E-state index in [-0.39, 0.29) is 18.0 Å². The van der Waals surface area contributed by atoms with Gasteiger partial charge in [0.05, 0.1) is 5.92 Å². The maximum Gasteiger partial charge on any atom is 0.309 e. The molecular formula is C20H28O2. The van der Waals surface area contributed by atoms with Crippen molar-refractivity contribution in [2.75, 3.05) is 0 Å². The molecule has 2 saturated carbocycles. The lowest BCUT2D eigenvalue weighted by molar-refractivity contribution is -0.157. The maximum absolute atomic E-state index is 12.5. The zero-order chi connectivity index (χ0) is 15.7. The summed E-state index contributed by atoms with van der Waals surface area (Å²) >= 11 is 0. The van der Waals surface area contributed by atoms with Gasteiger partial charge in [0.15, 0.2) is 0 Å². The Hall–Kier alpha value is -1.31. The molecule has 2 heteroatoms. The van der Waals surface area contributed by atoms with Crippen molar-refractivity contribution in [1.29, 1.82) is 0 Å². The molecule has 2 aliphatic carbocycles. The summed E-state index contributed by atoms with van der Waals surface area (Å²) in [5.74, 6) is 2.32. The summed E-state index contributed by atoms with van der Waals surface area (Å²) in [6.07, 6.45) is 4.60. The summed E-state index contributed by atoms with van der Waals surface area (Å²) in [6.45, 7) is 6.79. The highest BCUT2D eigenvalue weighted by molar-refractivity contribution is 5.77. The number of rotatable bonds is 4. The van der Waals surface area contributed by atoms with Gasteiger partial charge >= 0.3 is 5.97 Å². The molecule has 0 radical (unpaired) electrons. The van der Waals surface area contributed by atoms with Crippen molar-refractivity contribution in [2.45, 2.75) is 58.5 Å². The van der Waals surface area contributed by atoms with Crippen LogP contribution in [0.2, 0.25) is 0 Å². The molecule has 2 aliphatic rings. The Morgan fingerprint density at radius 3 is 2.55 bits per heavy atom. The van der Waals surface area contributed by atoms with Crippen molar-refractivity contribution in [2.24, 2.45) is 23.7 Å². The quantitative estimate of drug-likeness (QED) is 0.747. The SMILES string of the molecule is CC1CCC(C(C)C)C(OC(=O)[C@H]2C[C@@H]2c2ccccc2)C1. The highest BCUT2D eigenvalue weighted by Gasteiger charge is 2.46. The van der Waals surface area contributed by atoms with Gasteiger partial charge in [0.25, 0.3) is 0 Å². The molecule has 3 rings (SSSR count). The van der Waals surface area contributed by atoms with Gasteiger partial charge in [0.1, 0.15) is 6.10 Å². The number of benzene rings is 1. The molecule has 3 unspecified atom stereocenters. The zero-order valence-corrected chi connectivity index (χ0v) is 14.0. The van der Waals surface area contributed by atoms with Crippen LogP contribution in [-0.2, 0) is 9.53 Å². The topological polar surface area (TPSA) is 26.3 Å². The van der Waals surface area contributed by atoms with Gasteiger partial charge in [-0.15, -0.1) is 0 Å². The molecule has 1 aromatic carbocycles. The van der Waals surface area contributed by atoms with Gasteiger partial charge in [-0.1, -0.05) is 57.5 Å². The standard InChI is InChI=1S/C20H28O2/c1-13(2)16-10-9-14(3)11-19(16)22-20(21)18-12-17(18)15-7-5-4-6-8-15/h4-8,13-14,16-19H,9-12H2,1-3H3/t14?,16?,17-,18+,19?/m1/s1. The summed E-state index contributed by atoms with van der Waals surface area (Å²) in [6, 6.07) is 10.4. The normalized spacial score (nSPS) is 34.5. The minimum atomic E-state index is 0.0404. The first kappa shape index (κ1) is 15.6. The van der Waals surface area contributed by atoms with E-state index >= 15 is 0 Å². The van der Waals surface area contributed by atoms with Crippen molar-refractivity contribution >= 4 is 5.97 Å². The summed E-state index contributed by atoms with van der Waals surface area (Å²) in [7, 11) is 0. The van der Waals surface area contributed by atoms with E-state index in [0.717, 1.165) is 12.8 Å². The smallest absolute Gasteiger partial charge is 0.309 e. The molecular weight excluding hydrogens is 272 g/mol.